The van der Waals surface area contributed by atoms with Gasteiger partial charge in [-0.2, -0.15) is 0 Å². The molecule has 5 rings (SSSR count). The van der Waals surface area contributed by atoms with Crippen molar-refractivity contribution in [1.29, 1.82) is 0 Å². The molecule has 0 aliphatic carbocycles. The number of rotatable bonds is 3. The molecule has 3 nitrogen and oxygen atoms in total. The number of phenols is 1. The van der Waals surface area contributed by atoms with E-state index in [1.54, 1.807) is 18.2 Å². The van der Waals surface area contributed by atoms with E-state index in [2.05, 4.69) is 0 Å². The van der Waals surface area contributed by atoms with Crippen LogP contribution in [0.15, 0.2) is 97.1 Å². The van der Waals surface area contributed by atoms with Crippen LogP contribution >= 0.6 is 0 Å². The zero-order valence-corrected chi connectivity index (χ0v) is 17.0. The maximum atomic E-state index is 13.0. The Hall–Kier alpha value is -4.11. The predicted molar refractivity (Wildman–Crippen MR) is 125 cm³/mol. The van der Waals surface area contributed by atoms with Gasteiger partial charge in [-0.25, -0.2) is 4.79 Å². The molecule has 0 heterocycles. The van der Waals surface area contributed by atoms with Gasteiger partial charge in [0.1, 0.15) is 11.5 Å². The highest BCUT2D eigenvalue weighted by Gasteiger charge is 2.20. The summed E-state index contributed by atoms with van der Waals surface area (Å²) in [6.45, 7) is 1.88. The molecule has 0 radical (unpaired) electrons. The molecule has 3 heteroatoms. The molecule has 0 unspecified atom stereocenters. The molecular weight excluding hydrogens is 384 g/mol. The summed E-state index contributed by atoms with van der Waals surface area (Å²) < 4.78 is 5.93. The lowest BCUT2D eigenvalue weighted by Crippen LogP contribution is -2.11. The van der Waals surface area contributed by atoms with Crippen LogP contribution in [-0.2, 0) is 0 Å². The van der Waals surface area contributed by atoms with E-state index in [4.69, 9.17) is 4.74 Å². The molecule has 0 aliphatic rings. The number of aromatic hydroxyl groups is 1. The Kier molecular flexibility index (Phi) is 4.64. The van der Waals surface area contributed by atoms with Gasteiger partial charge in [0.25, 0.3) is 0 Å². The van der Waals surface area contributed by atoms with Crippen LogP contribution in [0.25, 0.3) is 32.7 Å². The number of hydrogen-bond donors (Lipinski definition) is 1. The van der Waals surface area contributed by atoms with E-state index in [0.29, 0.717) is 22.4 Å². The largest absolute Gasteiger partial charge is 0.507 e. The summed E-state index contributed by atoms with van der Waals surface area (Å²) >= 11 is 0. The SMILES string of the molecule is Cc1ccccc1C(=O)Oc1ccc2ccccc2c1-c1c(O)ccc2ccccc12. The fraction of sp³-hybridized carbons (Fsp3) is 0.0357. The molecule has 150 valence electrons. The topological polar surface area (TPSA) is 46.5 Å². The molecule has 0 amide bonds. The van der Waals surface area contributed by atoms with E-state index in [1.165, 1.54) is 0 Å². The number of fused-ring (bicyclic) bond motifs is 2. The highest BCUT2D eigenvalue weighted by Crippen LogP contribution is 2.45. The quantitative estimate of drug-likeness (QED) is 0.263. The van der Waals surface area contributed by atoms with Gasteiger partial charge in [-0.05, 0) is 52.2 Å². The Morgan fingerprint density at radius 1 is 0.677 bits per heavy atom. The van der Waals surface area contributed by atoms with Crippen LogP contribution in [0.5, 0.6) is 11.5 Å². The van der Waals surface area contributed by atoms with E-state index >= 15 is 0 Å². The van der Waals surface area contributed by atoms with Gasteiger partial charge in [0.2, 0.25) is 0 Å². The molecule has 0 atom stereocenters. The van der Waals surface area contributed by atoms with Crippen molar-refractivity contribution in [2.75, 3.05) is 0 Å². The lowest BCUT2D eigenvalue weighted by molar-refractivity contribution is 0.0735. The van der Waals surface area contributed by atoms with Crippen LogP contribution in [-0.4, -0.2) is 11.1 Å². The zero-order chi connectivity index (χ0) is 21.4. The monoisotopic (exact) mass is 404 g/mol. The van der Waals surface area contributed by atoms with Crippen molar-refractivity contribution in [3.8, 4) is 22.6 Å². The maximum Gasteiger partial charge on any atom is 0.343 e. The van der Waals surface area contributed by atoms with Crippen molar-refractivity contribution in [3.63, 3.8) is 0 Å². The first-order valence-corrected chi connectivity index (χ1v) is 10.1. The van der Waals surface area contributed by atoms with Gasteiger partial charge in [0.15, 0.2) is 0 Å². The van der Waals surface area contributed by atoms with Crippen LogP contribution in [0.2, 0.25) is 0 Å². The summed E-state index contributed by atoms with van der Waals surface area (Å²) in [7, 11) is 0. The van der Waals surface area contributed by atoms with Crippen LogP contribution < -0.4 is 4.74 Å². The van der Waals surface area contributed by atoms with Gasteiger partial charge in [-0.1, -0.05) is 78.9 Å². The van der Waals surface area contributed by atoms with Crippen LogP contribution in [0.4, 0.5) is 0 Å². The summed E-state index contributed by atoms with van der Waals surface area (Å²) in [6.07, 6.45) is 0. The summed E-state index contributed by atoms with van der Waals surface area (Å²) in [5.74, 6) is 0.135. The Labute approximate surface area is 180 Å². The minimum Gasteiger partial charge on any atom is -0.507 e. The standard InChI is InChI=1S/C28H20O3/c1-18-8-2-5-11-21(18)28(30)31-25-17-15-20-10-4-7-13-23(20)27(25)26-22-12-6-3-9-19(22)14-16-24(26)29/h2-17,29H,1H3. The third-order valence-electron chi connectivity index (χ3n) is 5.62. The van der Waals surface area contributed by atoms with Crippen molar-refractivity contribution in [2.45, 2.75) is 6.92 Å². The normalized spacial score (nSPS) is 11.0. The summed E-state index contributed by atoms with van der Waals surface area (Å²) in [6, 6.07) is 30.4. The molecule has 0 spiro atoms. The van der Waals surface area contributed by atoms with E-state index in [-0.39, 0.29) is 5.75 Å². The van der Waals surface area contributed by atoms with Crippen LogP contribution in [0.3, 0.4) is 0 Å². The van der Waals surface area contributed by atoms with Crippen molar-refractivity contribution < 1.29 is 14.6 Å². The van der Waals surface area contributed by atoms with Crippen molar-refractivity contribution >= 4 is 27.5 Å². The average molecular weight is 404 g/mol. The molecule has 0 aliphatic heterocycles. The molecule has 0 fully saturated rings. The zero-order valence-electron chi connectivity index (χ0n) is 17.0. The average Bonchev–Trinajstić information content (AvgIpc) is 2.80. The number of benzene rings is 5. The molecule has 0 saturated carbocycles. The van der Waals surface area contributed by atoms with E-state index in [0.717, 1.165) is 27.1 Å². The highest BCUT2D eigenvalue weighted by atomic mass is 16.5. The summed E-state index contributed by atoms with van der Waals surface area (Å²) in [4.78, 5) is 13.0. The molecule has 0 bridgehead atoms. The predicted octanol–water partition coefficient (Wildman–Crippen LogP) is 6.89. The lowest BCUT2D eigenvalue weighted by Gasteiger charge is -2.17. The number of carbonyl (C=O) groups excluding carboxylic acids is 1. The van der Waals surface area contributed by atoms with Crippen LogP contribution in [0.1, 0.15) is 15.9 Å². The third-order valence-corrected chi connectivity index (χ3v) is 5.62. The van der Waals surface area contributed by atoms with Gasteiger partial charge in [0, 0.05) is 11.1 Å². The first-order chi connectivity index (χ1) is 15.1. The second kappa shape index (κ2) is 7.62. The van der Waals surface area contributed by atoms with Crippen LogP contribution in [0, 0.1) is 6.92 Å². The first kappa shape index (κ1) is 18.9. The van der Waals surface area contributed by atoms with Gasteiger partial charge in [0.05, 0.1) is 5.56 Å². The van der Waals surface area contributed by atoms with Gasteiger partial charge >= 0.3 is 5.97 Å². The molecule has 5 aromatic carbocycles. The summed E-state index contributed by atoms with van der Waals surface area (Å²) in [5.41, 5.74) is 2.73. The van der Waals surface area contributed by atoms with E-state index in [1.807, 2.05) is 85.8 Å². The summed E-state index contributed by atoms with van der Waals surface area (Å²) in [5, 5.41) is 14.7. The van der Waals surface area contributed by atoms with Crippen molar-refractivity contribution in [1.82, 2.24) is 0 Å². The fourth-order valence-electron chi connectivity index (χ4n) is 4.07. The van der Waals surface area contributed by atoms with E-state index in [9.17, 15) is 9.90 Å². The first-order valence-electron chi connectivity index (χ1n) is 10.1. The second-order valence-electron chi connectivity index (χ2n) is 7.55. The molecule has 0 aromatic heterocycles. The molecular formula is C28H20O3. The van der Waals surface area contributed by atoms with Gasteiger partial charge in [-0.15, -0.1) is 0 Å². The van der Waals surface area contributed by atoms with E-state index < -0.39 is 5.97 Å². The Morgan fingerprint density at radius 2 is 1.26 bits per heavy atom. The fourth-order valence-corrected chi connectivity index (χ4v) is 4.07. The lowest BCUT2D eigenvalue weighted by atomic mass is 9.92. The smallest absolute Gasteiger partial charge is 0.343 e. The molecule has 1 N–H and O–H groups in total. The minimum absolute atomic E-state index is 0.142. The second-order valence-corrected chi connectivity index (χ2v) is 7.55. The Morgan fingerprint density at radius 3 is 1.97 bits per heavy atom. The number of ether oxygens (including phenoxy) is 1. The highest BCUT2D eigenvalue weighted by molar-refractivity contribution is 6.10. The molecule has 31 heavy (non-hydrogen) atoms. The molecule has 5 aromatic rings. The third kappa shape index (κ3) is 3.30. The van der Waals surface area contributed by atoms with Crippen molar-refractivity contribution in [3.05, 3.63) is 108 Å². The number of esters is 1. The maximum absolute atomic E-state index is 13.0. The Bertz CT molecular complexity index is 1450. The molecule has 0 saturated heterocycles. The van der Waals surface area contributed by atoms with Crippen molar-refractivity contribution in [2.24, 2.45) is 0 Å². The Balaban J connectivity index is 1.78. The minimum atomic E-state index is -0.422. The number of phenolic OH excluding ortho intramolecular Hbond substituents is 1. The van der Waals surface area contributed by atoms with Gasteiger partial charge < -0.3 is 9.84 Å². The number of aryl methyl sites for hydroxylation is 1. The number of carbonyl (C=O) groups is 1. The number of hydrogen-bond acceptors (Lipinski definition) is 3. The van der Waals surface area contributed by atoms with Gasteiger partial charge in [-0.3, -0.25) is 0 Å².